The Morgan fingerprint density at radius 3 is 3.13 bits per heavy atom. The summed E-state index contributed by atoms with van der Waals surface area (Å²) in [5.41, 5.74) is 0. The van der Waals surface area contributed by atoms with Crippen LogP contribution in [0.4, 0.5) is 0 Å². The molecule has 1 saturated heterocycles. The van der Waals surface area contributed by atoms with Gasteiger partial charge >= 0.3 is 0 Å². The van der Waals surface area contributed by atoms with Crippen LogP contribution in [0.2, 0.25) is 0 Å². The Morgan fingerprint density at radius 1 is 1.60 bits per heavy atom. The Morgan fingerprint density at radius 2 is 2.47 bits per heavy atom. The second kappa shape index (κ2) is 4.59. The first-order chi connectivity index (χ1) is 7.29. The van der Waals surface area contributed by atoms with Crippen molar-refractivity contribution in [1.29, 1.82) is 0 Å². The van der Waals surface area contributed by atoms with Gasteiger partial charge in [-0.15, -0.1) is 0 Å². The van der Waals surface area contributed by atoms with Crippen LogP contribution in [0.3, 0.4) is 0 Å². The van der Waals surface area contributed by atoms with Gasteiger partial charge in [0.25, 0.3) is 0 Å². The molecule has 15 heavy (non-hydrogen) atoms. The second-order valence-corrected chi connectivity index (χ2v) is 3.82. The lowest BCUT2D eigenvalue weighted by Gasteiger charge is -2.32. The van der Waals surface area contributed by atoms with Crippen molar-refractivity contribution in [3.63, 3.8) is 0 Å². The summed E-state index contributed by atoms with van der Waals surface area (Å²) in [5.74, 6) is 1.23. The molecule has 1 aliphatic heterocycles. The number of ether oxygens (including phenoxy) is 1. The van der Waals surface area contributed by atoms with Crippen LogP contribution in [-0.2, 0) is 11.3 Å². The maximum Gasteiger partial charge on any atom is 0.185 e. The van der Waals surface area contributed by atoms with E-state index in [4.69, 9.17) is 9.15 Å². The predicted molar refractivity (Wildman–Crippen MR) is 54.8 cm³/mol. The number of hydrogen-bond acceptors (Lipinski definition) is 4. The Labute approximate surface area is 88.8 Å². The summed E-state index contributed by atoms with van der Waals surface area (Å²) in [6, 6.07) is 3.96. The summed E-state index contributed by atoms with van der Waals surface area (Å²) >= 11 is 0. The van der Waals surface area contributed by atoms with E-state index in [0.29, 0.717) is 11.8 Å². The van der Waals surface area contributed by atoms with Crippen LogP contribution in [0.5, 0.6) is 0 Å². The molecule has 1 aromatic heterocycles. The molecule has 2 rings (SSSR count). The first-order valence-corrected chi connectivity index (χ1v) is 5.15. The highest BCUT2D eigenvalue weighted by molar-refractivity contribution is 5.70. The summed E-state index contributed by atoms with van der Waals surface area (Å²) < 4.78 is 10.7. The fourth-order valence-electron chi connectivity index (χ4n) is 1.74. The van der Waals surface area contributed by atoms with Gasteiger partial charge in [0, 0.05) is 12.6 Å². The fourth-order valence-corrected chi connectivity index (χ4v) is 1.74. The lowest BCUT2D eigenvalue weighted by Crippen LogP contribution is -2.42. The topological polar surface area (TPSA) is 42.7 Å². The van der Waals surface area contributed by atoms with E-state index in [1.54, 1.807) is 6.07 Å². The Hall–Kier alpha value is -1.13. The first-order valence-electron chi connectivity index (χ1n) is 5.15. The van der Waals surface area contributed by atoms with E-state index in [9.17, 15) is 4.79 Å². The summed E-state index contributed by atoms with van der Waals surface area (Å²) in [6.45, 7) is 5.33. The quantitative estimate of drug-likeness (QED) is 0.704. The van der Waals surface area contributed by atoms with E-state index in [2.05, 4.69) is 11.8 Å². The molecule has 1 fully saturated rings. The van der Waals surface area contributed by atoms with Crippen LogP contribution in [0.1, 0.15) is 23.2 Å². The summed E-state index contributed by atoms with van der Waals surface area (Å²) in [4.78, 5) is 12.7. The number of carbonyl (C=O) groups excluding carboxylic acids is 1. The standard InChI is InChI=1S/C11H15NO3/c1-9-8-14-5-4-12(9)6-10-2-3-11(7-13)15-10/h2-3,7,9H,4-6,8H2,1H3. The van der Waals surface area contributed by atoms with Gasteiger partial charge in [-0.2, -0.15) is 0 Å². The minimum atomic E-state index is 0.394. The minimum Gasteiger partial charge on any atom is -0.457 e. The smallest absolute Gasteiger partial charge is 0.185 e. The number of hydrogen-bond donors (Lipinski definition) is 0. The Balaban J connectivity index is 1.97. The lowest BCUT2D eigenvalue weighted by atomic mass is 10.2. The van der Waals surface area contributed by atoms with Crippen molar-refractivity contribution in [2.75, 3.05) is 19.8 Å². The van der Waals surface area contributed by atoms with Crippen molar-refractivity contribution in [1.82, 2.24) is 4.90 Å². The minimum absolute atomic E-state index is 0.394. The van der Waals surface area contributed by atoms with Crippen LogP contribution in [0.15, 0.2) is 16.5 Å². The highest BCUT2D eigenvalue weighted by Gasteiger charge is 2.19. The van der Waals surface area contributed by atoms with Gasteiger partial charge in [0.1, 0.15) is 5.76 Å². The molecule has 1 unspecified atom stereocenters. The molecule has 2 heterocycles. The molecular weight excluding hydrogens is 194 g/mol. The molecule has 0 radical (unpaired) electrons. The zero-order valence-corrected chi connectivity index (χ0v) is 8.81. The van der Waals surface area contributed by atoms with Crippen molar-refractivity contribution in [2.24, 2.45) is 0 Å². The van der Waals surface area contributed by atoms with Gasteiger partial charge in [0.05, 0.1) is 19.8 Å². The lowest BCUT2D eigenvalue weighted by molar-refractivity contribution is -0.00716. The van der Waals surface area contributed by atoms with E-state index in [1.165, 1.54) is 0 Å². The van der Waals surface area contributed by atoms with E-state index in [1.807, 2.05) is 6.07 Å². The van der Waals surface area contributed by atoms with E-state index >= 15 is 0 Å². The SMILES string of the molecule is CC1COCCN1Cc1ccc(C=O)o1. The van der Waals surface area contributed by atoms with Crippen LogP contribution < -0.4 is 0 Å². The van der Waals surface area contributed by atoms with Crippen molar-refractivity contribution in [3.05, 3.63) is 23.7 Å². The Kier molecular flexibility index (Phi) is 3.18. The molecule has 1 atom stereocenters. The van der Waals surface area contributed by atoms with Crippen LogP contribution in [0, 0.1) is 0 Å². The third-order valence-electron chi connectivity index (χ3n) is 2.66. The van der Waals surface area contributed by atoms with Gasteiger partial charge in [-0.25, -0.2) is 0 Å². The van der Waals surface area contributed by atoms with Gasteiger partial charge in [-0.3, -0.25) is 9.69 Å². The molecule has 0 aromatic carbocycles. The van der Waals surface area contributed by atoms with E-state index in [-0.39, 0.29) is 0 Å². The van der Waals surface area contributed by atoms with E-state index in [0.717, 1.165) is 38.3 Å². The summed E-state index contributed by atoms with van der Waals surface area (Å²) in [5, 5.41) is 0. The van der Waals surface area contributed by atoms with Crippen LogP contribution >= 0.6 is 0 Å². The summed E-state index contributed by atoms with van der Waals surface area (Å²) in [6.07, 6.45) is 0.728. The molecule has 4 nitrogen and oxygen atoms in total. The molecule has 4 heteroatoms. The van der Waals surface area contributed by atoms with Gasteiger partial charge in [0.15, 0.2) is 12.0 Å². The average Bonchev–Trinajstić information content (AvgIpc) is 2.69. The van der Waals surface area contributed by atoms with Gasteiger partial charge in [-0.1, -0.05) is 0 Å². The number of rotatable bonds is 3. The highest BCUT2D eigenvalue weighted by Crippen LogP contribution is 2.13. The number of nitrogens with zero attached hydrogens (tertiary/aromatic N) is 1. The average molecular weight is 209 g/mol. The third kappa shape index (κ3) is 2.46. The molecule has 0 saturated carbocycles. The zero-order chi connectivity index (χ0) is 10.7. The number of aldehydes is 1. The largest absolute Gasteiger partial charge is 0.457 e. The molecule has 0 N–H and O–H groups in total. The molecule has 0 spiro atoms. The molecule has 0 amide bonds. The number of carbonyl (C=O) groups is 1. The molecule has 82 valence electrons. The number of furan rings is 1. The van der Waals surface area contributed by atoms with E-state index < -0.39 is 0 Å². The van der Waals surface area contributed by atoms with Crippen molar-refractivity contribution >= 4 is 6.29 Å². The third-order valence-corrected chi connectivity index (χ3v) is 2.66. The molecule has 0 bridgehead atoms. The molecule has 1 aromatic rings. The van der Waals surface area contributed by atoms with Gasteiger partial charge in [0.2, 0.25) is 0 Å². The van der Waals surface area contributed by atoms with Crippen molar-refractivity contribution in [3.8, 4) is 0 Å². The van der Waals surface area contributed by atoms with Gasteiger partial charge < -0.3 is 9.15 Å². The van der Waals surface area contributed by atoms with Crippen molar-refractivity contribution in [2.45, 2.75) is 19.5 Å². The van der Waals surface area contributed by atoms with Crippen LogP contribution in [0.25, 0.3) is 0 Å². The maximum atomic E-state index is 10.4. The molecule has 1 aliphatic rings. The maximum absolute atomic E-state index is 10.4. The van der Waals surface area contributed by atoms with Gasteiger partial charge in [-0.05, 0) is 19.1 Å². The molecule has 0 aliphatic carbocycles. The number of morpholine rings is 1. The summed E-state index contributed by atoms with van der Waals surface area (Å²) in [7, 11) is 0. The first kappa shape index (κ1) is 10.4. The Bertz CT molecular complexity index is 334. The van der Waals surface area contributed by atoms with Crippen molar-refractivity contribution < 1.29 is 13.9 Å². The monoisotopic (exact) mass is 209 g/mol. The second-order valence-electron chi connectivity index (χ2n) is 3.82. The normalized spacial score (nSPS) is 22.9. The molecular formula is C11H15NO3. The zero-order valence-electron chi connectivity index (χ0n) is 8.81. The fraction of sp³-hybridized carbons (Fsp3) is 0.545. The van der Waals surface area contributed by atoms with Crippen LogP contribution in [-0.4, -0.2) is 37.0 Å². The predicted octanol–water partition coefficient (Wildman–Crippen LogP) is 1.31. The highest BCUT2D eigenvalue weighted by atomic mass is 16.5.